The molecular weight excluding hydrogens is 362 g/mol. The second-order valence-corrected chi connectivity index (χ2v) is 7.25. The van der Waals surface area contributed by atoms with Crippen LogP contribution in [0, 0.1) is 0 Å². The van der Waals surface area contributed by atoms with E-state index in [2.05, 4.69) is 15.2 Å². The highest BCUT2D eigenvalue weighted by atomic mass is 32.2. The molecule has 132 valence electrons. The van der Waals surface area contributed by atoms with E-state index in [9.17, 15) is 4.79 Å². The molecular formula is C20H13N3O3S. The topological polar surface area (TPSA) is 82.0 Å². The molecule has 6 nitrogen and oxygen atoms in total. The Labute approximate surface area is 158 Å². The van der Waals surface area contributed by atoms with E-state index in [1.165, 1.54) is 11.8 Å². The van der Waals surface area contributed by atoms with Crippen LogP contribution in [0.2, 0.25) is 0 Å². The maximum absolute atomic E-state index is 12.6. The third-order valence-corrected chi connectivity index (χ3v) is 5.45. The Morgan fingerprint density at radius 1 is 0.889 bits per heavy atom. The molecule has 3 aromatic heterocycles. The molecule has 1 atom stereocenters. The van der Waals surface area contributed by atoms with Crippen molar-refractivity contribution in [2.75, 3.05) is 0 Å². The largest absolute Gasteiger partial charge is 0.463 e. The molecule has 0 aliphatic heterocycles. The Morgan fingerprint density at radius 2 is 1.63 bits per heavy atom. The fraction of sp³-hybridized carbons (Fsp3) is 0.100. The van der Waals surface area contributed by atoms with Gasteiger partial charge in [-0.25, -0.2) is 4.98 Å². The molecule has 5 rings (SSSR count). The lowest BCUT2D eigenvalue weighted by molar-refractivity contribution is 0.1000. The number of furan rings is 2. The van der Waals surface area contributed by atoms with E-state index in [4.69, 9.17) is 8.83 Å². The molecule has 0 spiro atoms. The summed E-state index contributed by atoms with van der Waals surface area (Å²) in [6.45, 7) is 0. The van der Waals surface area contributed by atoms with Gasteiger partial charge >= 0.3 is 0 Å². The van der Waals surface area contributed by atoms with E-state index >= 15 is 0 Å². The van der Waals surface area contributed by atoms with E-state index in [1.54, 1.807) is 30.7 Å². The van der Waals surface area contributed by atoms with Crippen LogP contribution in [0.15, 0.2) is 75.0 Å². The molecule has 3 heterocycles. The Morgan fingerprint density at radius 3 is 2.33 bits per heavy atom. The summed E-state index contributed by atoms with van der Waals surface area (Å²) in [4.78, 5) is 17.3. The number of carbonyl (C=O) groups is 1. The second kappa shape index (κ2) is 6.51. The predicted molar refractivity (Wildman–Crippen MR) is 99.4 cm³/mol. The average Bonchev–Trinajstić information content (AvgIpc) is 3.45. The molecule has 1 aromatic carbocycles. The number of fused-ring (bicyclic) bond motifs is 1. The van der Waals surface area contributed by atoms with Gasteiger partial charge in [0.1, 0.15) is 5.69 Å². The Hall–Kier alpha value is -3.19. The molecule has 0 unspecified atom stereocenters. The van der Waals surface area contributed by atoms with E-state index in [0.717, 1.165) is 11.1 Å². The number of hydrogen-bond acceptors (Lipinski definition) is 7. The SMILES string of the molecule is O=C1c2ccccc2C[C@@H]1Sc1nnc(-c2ccco2)c(-c2ccco2)n1. The van der Waals surface area contributed by atoms with Crippen molar-refractivity contribution in [3.05, 3.63) is 72.2 Å². The monoisotopic (exact) mass is 375 g/mol. The highest BCUT2D eigenvalue weighted by Gasteiger charge is 2.32. The van der Waals surface area contributed by atoms with Gasteiger partial charge in [0, 0.05) is 5.56 Å². The first-order valence-electron chi connectivity index (χ1n) is 8.41. The van der Waals surface area contributed by atoms with Crippen LogP contribution in [-0.2, 0) is 6.42 Å². The molecule has 0 amide bonds. The van der Waals surface area contributed by atoms with Crippen molar-refractivity contribution in [2.24, 2.45) is 0 Å². The first kappa shape index (κ1) is 16.0. The van der Waals surface area contributed by atoms with Crippen molar-refractivity contribution in [2.45, 2.75) is 16.8 Å². The lowest BCUT2D eigenvalue weighted by atomic mass is 10.1. The summed E-state index contributed by atoms with van der Waals surface area (Å²) < 4.78 is 11.0. The molecule has 0 radical (unpaired) electrons. The Balaban J connectivity index is 1.50. The molecule has 27 heavy (non-hydrogen) atoms. The van der Waals surface area contributed by atoms with Crippen LogP contribution in [0.25, 0.3) is 22.9 Å². The third kappa shape index (κ3) is 2.86. The molecule has 1 aliphatic carbocycles. The second-order valence-electron chi connectivity index (χ2n) is 6.08. The first-order valence-corrected chi connectivity index (χ1v) is 9.29. The Bertz CT molecular complexity index is 1110. The predicted octanol–water partition coefficient (Wildman–Crippen LogP) is 4.29. The number of thioether (sulfide) groups is 1. The number of benzene rings is 1. The van der Waals surface area contributed by atoms with Gasteiger partial charge in [0.05, 0.1) is 17.8 Å². The molecule has 0 saturated heterocycles. The first-order chi connectivity index (χ1) is 13.3. The minimum absolute atomic E-state index is 0.105. The minimum atomic E-state index is -0.247. The fourth-order valence-corrected chi connectivity index (χ4v) is 4.14. The lowest BCUT2D eigenvalue weighted by Crippen LogP contribution is -2.12. The number of nitrogens with zero attached hydrogens (tertiary/aromatic N) is 3. The van der Waals surface area contributed by atoms with Crippen LogP contribution in [0.3, 0.4) is 0 Å². The van der Waals surface area contributed by atoms with Crippen LogP contribution in [0.4, 0.5) is 0 Å². The van der Waals surface area contributed by atoms with E-state index < -0.39 is 0 Å². The van der Waals surface area contributed by atoms with Crippen molar-refractivity contribution in [1.29, 1.82) is 0 Å². The minimum Gasteiger partial charge on any atom is -0.463 e. The number of ketones is 1. The van der Waals surface area contributed by atoms with Crippen molar-refractivity contribution in [3.63, 3.8) is 0 Å². The molecule has 0 saturated carbocycles. The molecule has 7 heteroatoms. The average molecular weight is 375 g/mol. The molecule has 4 aromatic rings. The van der Waals surface area contributed by atoms with Gasteiger partial charge in [-0.2, -0.15) is 0 Å². The highest BCUT2D eigenvalue weighted by molar-refractivity contribution is 8.00. The zero-order valence-corrected chi connectivity index (χ0v) is 14.8. The Kier molecular flexibility index (Phi) is 3.86. The number of rotatable bonds is 4. The van der Waals surface area contributed by atoms with Crippen LogP contribution < -0.4 is 0 Å². The standard InChI is InChI=1S/C20H13N3O3S/c24-19-13-6-2-1-5-12(13)11-16(19)27-20-21-17(14-7-3-9-25-14)18(22-23-20)15-8-4-10-26-15/h1-10,16H,11H2/t16-/m0/s1. The van der Waals surface area contributed by atoms with E-state index in [-0.39, 0.29) is 11.0 Å². The number of aromatic nitrogens is 3. The van der Waals surface area contributed by atoms with Crippen LogP contribution in [-0.4, -0.2) is 26.2 Å². The van der Waals surface area contributed by atoms with Gasteiger partial charge in [0.2, 0.25) is 5.16 Å². The lowest BCUT2D eigenvalue weighted by Gasteiger charge is -2.08. The summed E-state index contributed by atoms with van der Waals surface area (Å²) in [5.74, 6) is 1.23. The number of carbonyl (C=O) groups excluding carboxylic acids is 1. The van der Waals surface area contributed by atoms with Gasteiger partial charge < -0.3 is 8.83 Å². The number of Topliss-reactive ketones (excluding diaryl/α,β-unsaturated/α-hetero) is 1. The van der Waals surface area contributed by atoms with Crippen molar-refractivity contribution in [1.82, 2.24) is 15.2 Å². The molecule has 0 fully saturated rings. The van der Waals surface area contributed by atoms with Crippen molar-refractivity contribution < 1.29 is 13.6 Å². The molecule has 0 bridgehead atoms. The van der Waals surface area contributed by atoms with Crippen LogP contribution in [0.1, 0.15) is 15.9 Å². The summed E-state index contributed by atoms with van der Waals surface area (Å²) in [5.41, 5.74) is 2.88. The molecule has 0 N–H and O–H groups in total. The summed E-state index contributed by atoms with van der Waals surface area (Å²) in [7, 11) is 0. The summed E-state index contributed by atoms with van der Waals surface area (Å²) in [6.07, 6.45) is 3.81. The zero-order chi connectivity index (χ0) is 18.2. The maximum atomic E-state index is 12.6. The summed E-state index contributed by atoms with van der Waals surface area (Å²) in [5, 5.41) is 8.69. The summed E-state index contributed by atoms with van der Waals surface area (Å²) >= 11 is 1.33. The van der Waals surface area contributed by atoms with Gasteiger partial charge in [0.15, 0.2) is 23.0 Å². The number of hydrogen-bond donors (Lipinski definition) is 0. The van der Waals surface area contributed by atoms with Gasteiger partial charge in [0.25, 0.3) is 0 Å². The quantitative estimate of drug-likeness (QED) is 0.526. The smallest absolute Gasteiger partial charge is 0.210 e. The fourth-order valence-electron chi connectivity index (χ4n) is 3.15. The van der Waals surface area contributed by atoms with Gasteiger partial charge in [-0.1, -0.05) is 36.0 Å². The van der Waals surface area contributed by atoms with Gasteiger partial charge in [-0.15, -0.1) is 10.2 Å². The summed E-state index contributed by atoms with van der Waals surface area (Å²) in [6, 6.07) is 14.9. The maximum Gasteiger partial charge on any atom is 0.210 e. The van der Waals surface area contributed by atoms with Crippen molar-refractivity contribution >= 4 is 17.5 Å². The van der Waals surface area contributed by atoms with E-state index in [1.807, 2.05) is 30.3 Å². The van der Waals surface area contributed by atoms with Crippen LogP contribution >= 0.6 is 11.8 Å². The zero-order valence-electron chi connectivity index (χ0n) is 14.0. The third-order valence-electron chi connectivity index (χ3n) is 4.40. The highest BCUT2D eigenvalue weighted by Crippen LogP contribution is 2.35. The molecule has 1 aliphatic rings. The van der Waals surface area contributed by atoms with Crippen molar-refractivity contribution in [3.8, 4) is 22.9 Å². The normalized spacial score (nSPS) is 15.9. The van der Waals surface area contributed by atoms with Gasteiger partial charge in [-0.05, 0) is 36.2 Å². The van der Waals surface area contributed by atoms with Gasteiger partial charge in [-0.3, -0.25) is 4.79 Å². The van der Waals surface area contributed by atoms with E-state index in [0.29, 0.717) is 34.5 Å². The van der Waals surface area contributed by atoms with Crippen LogP contribution in [0.5, 0.6) is 0 Å².